The number of hydrogen-bond acceptors (Lipinski definition) is 5. The zero-order valence-corrected chi connectivity index (χ0v) is 10.9. The zero-order valence-electron chi connectivity index (χ0n) is 10.1. The molecule has 4 atom stereocenters. The molecule has 1 aliphatic rings. The molecular formula is C11H17ClO5. The molecule has 1 heterocycles. The predicted octanol–water partition coefficient (Wildman–Crippen LogP) is 1.61. The lowest BCUT2D eigenvalue weighted by atomic mass is 10.1. The zero-order chi connectivity index (χ0) is 13.0. The minimum atomic E-state index is -0.665. The Morgan fingerprint density at radius 2 is 2.06 bits per heavy atom. The summed E-state index contributed by atoms with van der Waals surface area (Å²) in [5.74, 6) is -0.739. The molecule has 0 saturated carbocycles. The van der Waals surface area contributed by atoms with E-state index >= 15 is 0 Å². The lowest BCUT2D eigenvalue weighted by Gasteiger charge is -2.36. The normalized spacial score (nSPS) is 32.9. The van der Waals surface area contributed by atoms with Gasteiger partial charge in [0.15, 0.2) is 0 Å². The van der Waals surface area contributed by atoms with Crippen LogP contribution in [-0.2, 0) is 23.8 Å². The highest BCUT2D eigenvalue weighted by atomic mass is 35.5. The lowest BCUT2D eigenvalue weighted by molar-refractivity contribution is -0.221. The number of rotatable bonds is 3. The molecule has 1 aliphatic heterocycles. The fourth-order valence-electron chi connectivity index (χ4n) is 1.65. The smallest absolute Gasteiger partial charge is 0.305 e. The maximum Gasteiger partial charge on any atom is 0.305 e. The fraction of sp³-hybridized carbons (Fsp3) is 0.818. The highest BCUT2D eigenvalue weighted by molar-refractivity contribution is 6.21. The first kappa shape index (κ1) is 14.3. The van der Waals surface area contributed by atoms with E-state index in [4.69, 9.17) is 25.8 Å². The predicted molar refractivity (Wildman–Crippen MR) is 60.5 cm³/mol. The van der Waals surface area contributed by atoms with Crippen LogP contribution in [-0.4, -0.2) is 35.8 Å². The van der Waals surface area contributed by atoms with Gasteiger partial charge in [0.1, 0.15) is 6.10 Å². The van der Waals surface area contributed by atoms with E-state index in [1.54, 1.807) is 13.8 Å². The van der Waals surface area contributed by atoms with Crippen molar-refractivity contribution in [1.29, 1.82) is 0 Å². The Kier molecular flexibility index (Phi) is 5.21. The number of ether oxygens (including phenoxy) is 3. The van der Waals surface area contributed by atoms with Crippen LogP contribution in [0.2, 0.25) is 0 Å². The van der Waals surface area contributed by atoms with Crippen molar-refractivity contribution in [3.05, 3.63) is 0 Å². The molecule has 0 bridgehead atoms. The highest BCUT2D eigenvalue weighted by Gasteiger charge is 2.39. The van der Waals surface area contributed by atoms with Gasteiger partial charge in [-0.2, -0.15) is 0 Å². The molecule has 0 aliphatic carbocycles. The Labute approximate surface area is 105 Å². The number of halogens is 1. The van der Waals surface area contributed by atoms with E-state index in [0.29, 0.717) is 12.8 Å². The Balaban J connectivity index is 2.55. The SMILES string of the molecule is CCC(=O)O[C@@H]1[C@H](C)O[C@H](OC(C)=O)C[C@@H]1Cl. The van der Waals surface area contributed by atoms with Gasteiger partial charge in [-0.1, -0.05) is 6.92 Å². The summed E-state index contributed by atoms with van der Waals surface area (Å²) in [6, 6.07) is 0. The summed E-state index contributed by atoms with van der Waals surface area (Å²) in [5, 5.41) is -0.418. The van der Waals surface area contributed by atoms with Crippen molar-refractivity contribution in [2.75, 3.05) is 0 Å². The molecule has 0 aromatic heterocycles. The lowest BCUT2D eigenvalue weighted by Crippen LogP contribution is -2.48. The number of esters is 2. The standard InChI is InChI=1S/C11H17ClO5/c1-4-9(14)17-11-6(2)15-10(5-8(11)12)16-7(3)13/h6,8,10-11H,4-5H2,1-3H3/t6-,8-,10+,11+/m0/s1. The summed E-state index contributed by atoms with van der Waals surface area (Å²) in [7, 11) is 0. The van der Waals surface area contributed by atoms with E-state index in [9.17, 15) is 9.59 Å². The van der Waals surface area contributed by atoms with Gasteiger partial charge in [-0.05, 0) is 6.92 Å². The Morgan fingerprint density at radius 1 is 1.41 bits per heavy atom. The molecule has 98 valence electrons. The van der Waals surface area contributed by atoms with Crippen LogP contribution in [0.3, 0.4) is 0 Å². The molecule has 17 heavy (non-hydrogen) atoms. The molecule has 0 spiro atoms. The number of carbonyl (C=O) groups is 2. The molecular weight excluding hydrogens is 248 g/mol. The van der Waals surface area contributed by atoms with Gasteiger partial charge < -0.3 is 14.2 Å². The van der Waals surface area contributed by atoms with Crippen molar-refractivity contribution >= 4 is 23.5 Å². The van der Waals surface area contributed by atoms with E-state index in [0.717, 1.165) is 0 Å². The molecule has 0 aromatic carbocycles. The molecule has 6 heteroatoms. The van der Waals surface area contributed by atoms with Crippen LogP contribution in [0.1, 0.15) is 33.6 Å². The van der Waals surface area contributed by atoms with Gasteiger partial charge in [0, 0.05) is 19.8 Å². The second kappa shape index (κ2) is 6.21. The summed E-state index contributed by atoms with van der Waals surface area (Å²) >= 11 is 6.11. The molecule has 0 N–H and O–H groups in total. The van der Waals surface area contributed by atoms with Gasteiger partial charge in [0.05, 0.1) is 11.5 Å². The molecule has 1 rings (SSSR count). The topological polar surface area (TPSA) is 61.8 Å². The van der Waals surface area contributed by atoms with Crippen molar-refractivity contribution in [1.82, 2.24) is 0 Å². The van der Waals surface area contributed by atoms with E-state index in [-0.39, 0.29) is 5.97 Å². The molecule has 1 saturated heterocycles. The van der Waals surface area contributed by atoms with Crippen molar-refractivity contribution in [3.63, 3.8) is 0 Å². The molecule has 0 radical (unpaired) electrons. The van der Waals surface area contributed by atoms with Crippen LogP contribution >= 0.6 is 11.6 Å². The van der Waals surface area contributed by atoms with Crippen LogP contribution in [0, 0.1) is 0 Å². The number of alkyl halides is 1. The molecule has 0 aromatic rings. The van der Waals surface area contributed by atoms with E-state index in [2.05, 4.69) is 0 Å². The van der Waals surface area contributed by atoms with Gasteiger partial charge in [-0.25, -0.2) is 0 Å². The second-order valence-electron chi connectivity index (χ2n) is 3.94. The monoisotopic (exact) mass is 264 g/mol. The third-order valence-electron chi connectivity index (χ3n) is 2.46. The van der Waals surface area contributed by atoms with Gasteiger partial charge in [-0.15, -0.1) is 11.6 Å². The van der Waals surface area contributed by atoms with Crippen LogP contribution < -0.4 is 0 Å². The minimum Gasteiger partial charge on any atom is -0.458 e. The average Bonchev–Trinajstić information content (AvgIpc) is 2.22. The highest BCUT2D eigenvalue weighted by Crippen LogP contribution is 2.27. The fourth-order valence-corrected chi connectivity index (χ4v) is 2.05. The summed E-state index contributed by atoms with van der Waals surface area (Å²) in [6.07, 6.45) is -0.962. The molecule has 1 fully saturated rings. The van der Waals surface area contributed by atoms with Crippen molar-refractivity contribution < 1.29 is 23.8 Å². The number of hydrogen-bond donors (Lipinski definition) is 0. The van der Waals surface area contributed by atoms with Crippen LogP contribution in [0.25, 0.3) is 0 Å². The Hall–Kier alpha value is -0.810. The van der Waals surface area contributed by atoms with Gasteiger partial charge >= 0.3 is 11.9 Å². The summed E-state index contributed by atoms with van der Waals surface area (Å²) in [5.41, 5.74) is 0. The Bertz CT molecular complexity index is 282. The van der Waals surface area contributed by atoms with Crippen LogP contribution in [0.4, 0.5) is 0 Å². The van der Waals surface area contributed by atoms with Crippen molar-refractivity contribution in [2.45, 2.75) is 57.5 Å². The Morgan fingerprint density at radius 3 is 2.53 bits per heavy atom. The summed E-state index contributed by atoms with van der Waals surface area (Å²) < 4.78 is 15.5. The largest absolute Gasteiger partial charge is 0.458 e. The number of carbonyl (C=O) groups excluding carboxylic acids is 2. The minimum absolute atomic E-state index is 0.292. The third kappa shape index (κ3) is 4.16. The molecule has 5 nitrogen and oxygen atoms in total. The first-order valence-corrected chi connectivity index (χ1v) is 6.04. The summed E-state index contributed by atoms with van der Waals surface area (Å²) in [4.78, 5) is 22.0. The van der Waals surface area contributed by atoms with Crippen molar-refractivity contribution in [3.8, 4) is 0 Å². The quantitative estimate of drug-likeness (QED) is 0.572. The van der Waals surface area contributed by atoms with Gasteiger partial charge in [0.2, 0.25) is 6.29 Å². The molecule has 0 unspecified atom stereocenters. The van der Waals surface area contributed by atoms with Crippen LogP contribution in [0.5, 0.6) is 0 Å². The average molecular weight is 265 g/mol. The second-order valence-corrected chi connectivity index (χ2v) is 4.50. The first-order chi connectivity index (χ1) is 7.93. The molecule has 0 amide bonds. The maximum absolute atomic E-state index is 11.2. The van der Waals surface area contributed by atoms with Gasteiger partial charge in [-0.3, -0.25) is 9.59 Å². The first-order valence-electron chi connectivity index (χ1n) is 5.60. The van der Waals surface area contributed by atoms with Gasteiger partial charge in [0.25, 0.3) is 0 Å². The maximum atomic E-state index is 11.2. The van der Waals surface area contributed by atoms with E-state index in [1.165, 1.54) is 6.92 Å². The summed E-state index contributed by atoms with van der Waals surface area (Å²) in [6.45, 7) is 4.75. The van der Waals surface area contributed by atoms with E-state index in [1.807, 2.05) is 0 Å². The van der Waals surface area contributed by atoms with Crippen molar-refractivity contribution in [2.24, 2.45) is 0 Å². The van der Waals surface area contributed by atoms with E-state index < -0.39 is 29.8 Å². The van der Waals surface area contributed by atoms with Crippen LogP contribution in [0.15, 0.2) is 0 Å². The third-order valence-corrected chi connectivity index (χ3v) is 2.88.